The lowest BCUT2D eigenvalue weighted by atomic mass is 10.3. The Morgan fingerprint density at radius 1 is 1.33 bits per heavy atom. The van der Waals surface area contributed by atoms with Gasteiger partial charge in [0.15, 0.2) is 11.5 Å². The van der Waals surface area contributed by atoms with Crippen molar-refractivity contribution in [1.29, 1.82) is 0 Å². The maximum atomic E-state index is 12.6. The first-order valence-corrected chi connectivity index (χ1v) is 5.67. The molecule has 0 atom stereocenters. The van der Waals surface area contributed by atoms with Crippen LogP contribution in [0.5, 0.6) is 0 Å². The van der Waals surface area contributed by atoms with E-state index in [4.69, 9.17) is 23.2 Å². The number of pyridine rings is 1. The van der Waals surface area contributed by atoms with E-state index in [1.54, 1.807) is 6.07 Å². The number of hydrogen-bond acceptors (Lipinski definition) is 2. The molecular weight excluding hydrogens is 290 g/mol. The Kier molecular flexibility index (Phi) is 3.49. The van der Waals surface area contributed by atoms with Gasteiger partial charge in [0.05, 0.1) is 16.6 Å². The van der Waals surface area contributed by atoms with Crippen molar-refractivity contribution in [3.8, 4) is 5.82 Å². The molecule has 2 aromatic heterocycles. The van der Waals surface area contributed by atoms with Crippen LogP contribution in [0.1, 0.15) is 11.4 Å². The largest absolute Gasteiger partial charge is 0.435 e. The Balaban J connectivity index is 2.58. The van der Waals surface area contributed by atoms with E-state index in [1.807, 2.05) is 0 Å². The molecule has 3 nitrogen and oxygen atoms in total. The number of rotatable bonds is 2. The zero-order chi connectivity index (χ0) is 13.3. The molecule has 0 aromatic carbocycles. The molecule has 2 heterocycles. The van der Waals surface area contributed by atoms with Gasteiger partial charge in [0.25, 0.3) is 0 Å². The first-order chi connectivity index (χ1) is 8.43. The van der Waals surface area contributed by atoms with Gasteiger partial charge in [0.1, 0.15) is 0 Å². The maximum Gasteiger partial charge on any atom is 0.435 e. The molecule has 0 N–H and O–H groups in total. The Labute approximate surface area is 110 Å². The molecule has 0 amide bonds. The summed E-state index contributed by atoms with van der Waals surface area (Å²) in [4.78, 5) is 3.90. The second-order valence-electron chi connectivity index (χ2n) is 3.37. The van der Waals surface area contributed by atoms with E-state index in [2.05, 4.69) is 10.1 Å². The summed E-state index contributed by atoms with van der Waals surface area (Å²) in [6.07, 6.45) is -3.12. The highest BCUT2D eigenvalue weighted by molar-refractivity contribution is 6.32. The van der Waals surface area contributed by atoms with E-state index in [-0.39, 0.29) is 22.4 Å². The summed E-state index contributed by atoms with van der Waals surface area (Å²) in [6.45, 7) is 0. The zero-order valence-electron chi connectivity index (χ0n) is 8.75. The predicted molar refractivity (Wildman–Crippen MR) is 60.9 cm³/mol. The summed E-state index contributed by atoms with van der Waals surface area (Å²) in [5, 5.41) is 3.64. The van der Waals surface area contributed by atoms with Crippen LogP contribution in [0.15, 0.2) is 24.4 Å². The van der Waals surface area contributed by atoms with Crippen LogP contribution in [0.3, 0.4) is 0 Å². The number of halogens is 5. The standard InChI is InChI=1S/C10H6Cl2F3N3/c11-5-6-4-8(10(13,14)15)17-18(6)9-7(12)2-1-3-16-9/h1-4H,5H2. The van der Waals surface area contributed by atoms with Gasteiger partial charge in [-0.05, 0) is 18.2 Å². The van der Waals surface area contributed by atoms with E-state index in [0.29, 0.717) is 0 Å². The highest BCUT2D eigenvalue weighted by atomic mass is 35.5. The molecule has 2 aromatic rings. The lowest BCUT2D eigenvalue weighted by Gasteiger charge is -2.05. The third kappa shape index (κ3) is 2.44. The minimum atomic E-state index is -4.53. The van der Waals surface area contributed by atoms with Gasteiger partial charge in [0, 0.05) is 6.20 Å². The SMILES string of the molecule is FC(F)(F)c1cc(CCl)n(-c2ncccc2Cl)n1. The first-order valence-electron chi connectivity index (χ1n) is 4.76. The molecule has 8 heteroatoms. The fraction of sp³-hybridized carbons (Fsp3) is 0.200. The van der Waals surface area contributed by atoms with Crippen LogP contribution < -0.4 is 0 Å². The minimum Gasteiger partial charge on any atom is -0.236 e. The second kappa shape index (κ2) is 4.78. The highest BCUT2D eigenvalue weighted by Crippen LogP contribution is 2.30. The molecule has 96 valence electrons. The molecule has 0 spiro atoms. The van der Waals surface area contributed by atoms with Crippen molar-refractivity contribution in [2.45, 2.75) is 12.1 Å². The Hall–Kier alpha value is -1.27. The molecule has 0 saturated carbocycles. The van der Waals surface area contributed by atoms with Crippen LogP contribution in [0.25, 0.3) is 5.82 Å². The lowest BCUT2D eigenvalue weighted by molar-refractivity contribution is -0.141. The third-order valence-electron chi connectivity index (χ3n) is 2.15. The average molecular weight is 296 g/mol. The van der Waals surface area contributed by atoms with Crippen LogP contribution in [0.4, 0.5) is 13.2 Å². The van der Waals surface area contributed by atoms with Gasteiger partial charge in [-0.15, -0.1) is 11.6 Å². The van der Waals surface area contributed by atoms with Crippen molar-refractivity contribution in [3.63, 3.8) is 0 Å². The average Bonchev–Trinajstić information content (AvgIpc) is 2.73. The molecule has 0 aliphatic heterocycles. The molecule has 0 aliphatic rings. The molecule has 0 unspecified atom stereocenters. The molecule has 0 saturated heterocycles. The third-order valence-corrected chi connectivity index (χ3v) is 2.72. The zero-order valence-corrected chi connectivity index (χ0v) is 10.3. The van der Waals surface area contributed by atoms with E-state index < -0.39 is 11.9 Å². The fourth-order valence-corrected chi connectivity index (χ4v) is 1.76. The molecular formula is C10H6Cl2F3N3. The monoisotopic (exact) mass is 295 g/mol. The summed E-state index contributed by atoms with van der Waals surface area (Å²) in [6, 6.07) is 3.95. The van der Waals surface area contributed by atoms with Crippen molar-refractivity contribution >= 4 is 23.2 Å². The molecule has 18 heavy (non-hydrogen) atoms. The van der Waals surface area contributed by atoms with Gasteiger partial charge in [-0.2, -0.15) is 18.3 Å². The van der Waals surface area contributed by atoms with Gasteiger partial charge >= 0.3 is 6.18 Å². The maximum absolute atomic E-state index is 12.6. The number of nitrogens with zero attached hydrogens (tertiary/aromatic N) is 3. The minimum absolute atomic E-state index is 0.116. The van der Waals surface area contributed by atoms with E-state index in [9.17, 15) is 13.2 Å². The normalized spacial score (nSPS) is 11.8. The molecule has 2 rings (SSSR count). The fourth-order valence-electron chi connectivity index (χ4n) is 1.37. The lowest BCUT2D eigenvalue weighted by Crippen LogP contribution is -2.08. The summed E-state index contributed by atoms with van der Waals surface area (Å²) in [7, 11) is 0. The van der Waals surface area contributed by atoms with Crippen LogP contribution in [-0.4, -0.2) is 14.8 Å². The smallest absolute Gasteiger partial charge is 0.236 e. The number of aromatic nitrogens is 3. The Morgan fingerprint density at radius 2 is 2.06 bits per heavy atom. The van der Waals surface area contributed by atoms with Crippen molar-refractivity contribution in [3.05, 3.63) is 40.8 Å². The summed E-state index contributed by atoms with van der Waals surface area (Å²) >= 11 is 11.5. The van der Waals surface area contributed by atoms with E-state index >= 15 is 0 Å². The van der Waals surface area contributed by atoms with Crippen LogP contribution in [-0.2, 0) is 12.1 Å². The summed E-state index contributed by atoms with van der Waals surface area (Å²) in [5.41, 5.74) is -0.857. The second-order valence-corrected chi connectivity index (χ2v) is 4.05. The summed E-state index contributed by atoms with van der Waals surface area (Å²) in [5.74, 6) is -0.0130. The number of hydrogen-bond donors (Lipinski definition) is 0. The van der Waals surface area contributed by atoms with Gasteiger partial charge in [-0.3, -0.25) is 0 Å². The van der Waals surface area contributed by atoms with E-state index in [0.717, 1.165) is 10.7 Å². The Bertz CT molecular complexity index is 566. The Morgan fingerprint density at radius 3 is 2.61 bits per heavy atom. The molecule has 0 aliphatic carbocycles. The van der Waals surface area contributed by atoms with Crippen molar-refractivity contribution < 1.29 is 13.2 Å². The van der Waals surface area contributed by atoms with Crippen LogP contribution in [0.2, 0.25) is 5.02 Å². The molecule has 0 bridgehead atoms. The quantitative estimate of drug-likeness (QED) is 0.791. The van der Waals surface area contributed by atoms with Crippen molar-refractivity contribution in [2.24, 2.45) is 0 Å². The van der Waals surface area contributed by atoms with Crippen LogP contribution >= 0.6 is 23.2 Å². The van der Waals surface area contributed by atoms with Crippen molar-refractivity contribution in [2.75, 3.05) is 0 Å². The topological polar surface area (TPSA) is 30.7 Å². The van der Waals surface area contributed by atoms with Gasteiger partial charge < -0.3 is 0 Å². The number of alkyl halides is 4. The van der Waals surface area contributed by atoms with Gasteiger partial charge in [0.2, 0.25) is 0 Å². The predicted octanol–water partition coefficient (Wildman–Crippen LogP) is 3.68. The molecule has 0 fully saturated rings. The van der Waals surface area contributed by atoms with Gasteiger partial charge in [-0.1, -0.05) is 11.6 Å². The van der Waals surface area contributed by atoms with Crippen LogP contribution in [0, 0.1) is 0 Å². The van der Waals surface area contributed by atoms with Gasteiger partial charge in [-0.25, -0.2) is 9.67 Å². The molecule has 0 radical (unpaired) electrons. The first kappa shape index (κ1) is 13.2. The summed E-state index contributed by atoms with van der Waals surface area (Å²) < 4.78 is 38.7. The van der Waals surface area contributed by atoms with E-state index in [1.165, 1.54) is 12.3 Å². The van der Waals surface area contributed by atoms with Crippen molar-refractivity contribution in [1.82, 2.24) is 14.8 Å². The highest BCUT2D eigenvalue weighted by Gasteiger charge is 2.35.